The van der Waals surface area contributed by atoms with Crippen molar-refractivity contribution in [3.05, 3.63) is 0 Å². The van der Waals surface area contributed by atoms with Crippen LogP contribution in [0.25, 0.3) is 0 Å². The second-order valence-corrected chi connectivity index (χ2v) is 2.78. The maximum absolute atomic E-state index is 5.26. The van der Waals surface area contributed by atoms with Crippen LogP contribution in [0.3, 0.4) is 0 Å². The van der Waals surface area contributed by atoms with Gasteiger partial charge in [0.25, 0.3) is 0 Å². The smallest absolute Gasteiger partial charge is 0.0692 e. The number of nitrogens with zero attached hydrogens (tertiary/aromatic N) is 2. The van der Waals surface area contributed by atoms with Gasteiger partial charge in [-0.15, -0.1) is 0 Å². The molecule has 0 aliphatic heterocycles. The average Bonchev–Trinajstić information content (AvgIpc) is 2.27. The predicted molar refractivity (Wildman–Crippen MR) is 59.9 cm³/mol. The summed E-state index contributed by atoms with van der Waals surface area (Å²) in [6.45, 7) is 11.1. The van der Waals surface area contributed by atoms with Crippen LogP contribution >= 0.6 is 0 Å². The average molecular weight is 284 g/mol. The molecule has 0 saturated carbocycles. The Hall–Kier alpha value is 0.474. The Morgan fingerprint density at radius 2 is 0.824 bits per heavy atom. The van der Waals surface area contributed by atoms with Crippen molar-refractivity contribution in [3.8, 4) is 0 Å². The molecule has 0 spiro atoms. The summed E-state index contributed by atoms with van der Waals surface area (Å²) in [5.74, 6) is 0. The van der Waals surface area contributed by atoms with Crippen LogP contribution in [0.5, 0.6) is 0 Å². The van der Waals surface area contributed by atoms with Crippen molar-refractivity contribution in [1.82, 2.24) is 10.5 Å². The fraction of sp³-hybridized carbons (Fsp3) is 1.00. The topological polar surface area (TPSA) is 43.4 Å². The Morgan fingerprint density at radius 1 is 0.588 bits per heavy atom. The van der Waals surface area contributed by atoms with Crippen LogP contribution in [0.15, 0.2) is 0 Å². The molecule has 0 bridgehead atoms. The molecule has 0 atom stereocenters. The molecule has 0 unspecified atom stereocenters. The molecule has 0 aromatic heterocycles. The number of rotatable bonds is 11. The van der Waals surface area contributed by atoms with Gasteiger partial charge in [-0.3, -0.25) is 19.4 Å². The van der Waals surface area contributed by atoms with Gasteiger partial charge in [0.2, 0.25) is 0 Å². The quantitative estimate of drug-likeness (QED) is 0.422. The SMILES string of the molecule is CCON(CCN(OCC)OCC)OCC.[Ti]. The van der Waals surface area contributed by atoms with Gasteiger partial charge in [-0.25, -0.2) is 0 Å². The molecule has 102 valence electrons. The molecule has 0 saturated heterocycles. The van der Waals surface area contributed by atoms with Gasteiger partial charge in [-0.05, 0) is 27.7 Å². The van der Waals surface area contributed by atoms with Crippen LogP contribution < -0.4 is 0 Å². The van der Waals surface area contributed by atoms with Crippen LogP contribution in [0, 0.1) is 0 Å². The number of hydroxylamine groups is 4. The normalized spacial score (nSPS) is 10.9. The fourth-order valence-corrected chi connectivity index (χ4v) is 1.07. The number of hydrogen-bond donors (Lipinski definition) is 0. The van der Waals surface area contributed by atoms with E-state index in [0.29, 0.717) is 39.5 Å². The maximum Gasteiger partial charge on any atom is 0.0692 e. The van der Waals surface area contributed by atoms with Crippen molar-refractivity contribution in [2.24, 2.45) is 0 Å². The second kappa shape index (κ2) is 14.5. The van der Waals surface area contributed by atoms with Gasteiger partial charge in [0.1, 0.15) is 0 Å². The molecule has 6 nitrogen and oxygen atoms in total. The Morgan fingerprint density at radius 3 is 1.00 bits per heavy atom. The van der Waals surface area contributed by atoms with Crippen molar-refractivity contribution in [3.63, 3.8) is 0 Å². The molecule has 0 N–H and O–H groups in total. The standard InChI is InChI=1S/C10H24N2O4.Ti/c1-5-13-11(14-6-2)9-10-12(15-7-3)16-8-4;/h5-10H2,1-4H3;. The summed E-state index contributed by atoms with van der Waals surface area (Å²) in [4.78, 5) is 21.0. The zero-order valence-electron chi connectivity index (χ0n) is 11.3. The Kier molecular flexibility index (Phi) is 16.9. The van der Waals surface area contributed by atoms with E-state index in [-0.39, 0.29) is 21.7 Å². The van der Waals surface area contributed by atoms with Gasteiger partial charge in [-0.2, -0.15) is 0 Å². The first kappa shape index (κ1) is 19.8. The van der Waals surface area contributed by atoms with Gasteiger partial charge < -0.3 is 0 Å². The Labute approximate surface area is 119 Å². The molecule has 17 heavy (non-hydrogen) atoms. The third-order valence-corrected chi connectivity index (χ3v) is 1.56. The van der Waals surface area contributed by atoms with Crippen LogP contribution in [-0.2, 0) is 41.1 Å². The zero-order valence-corrected chi connectivity index (χ0v) is 12.8. The molecular weight excluding hydrogens is 260 g/mol. The molecule has 0 rings (SSSR count). The van der Waals surface area contributed by atoms with Crippen LogP contribution in [0.2, 0.25) is 0 Å². The predicted octanol–water partition coefficient (Wildman–Crippen LogP) is 1.39. The minimum Gasteiger partial charge on any atom is -0.274 e. The van der Waals surface area contributed by atoms with Crippen molar-refractivity contribution in [2.75, 3.05) is 39.5 Å². The molecular formula is C10H24N2O4Ti. The summed E-state index contributed by atoms with van der Waals surface area (Å²) >= 11 is 0. The van der Waals surface area contributed by atoms with Gasteiger partial charge >= 0.3 is 0 Å². The van der Waals surface area contributed by atoms with Crippen molar-refractivity contribution in [1.29, 1.82) is 0 Å². The largest absolute Gasteiger partial charge is 0.274 e. The van der Waals surface area contributed by atoms with E-state index in [2.05, 4.69) is 0 Å². The summed E-state index contributed by atoms with van der Waals surface area (Å²) in [7, 11) is 0. The molecule has 0 radical (unpaired) electrons. The van der Waals surface area contributed by atoms with E-state index in [1.54, 1.807) is 0 Å². The first-order chi connectivity index (χ1) is 7.78. The minimum absolute atomic E-state index is 0. The molecule has 0 aliphatic carbocycles. The summed E-state index contributed by atoms with van der Waals surface area (Å²) in [6.07, 6.45) is 0. The molecule has 0 aromatic carbocycles. The van der Waals surface area contributed by atoms with Crippen molar-refractivity contribution >= 4 is 0 Å². The van der Waals surface area contributed by atoms with Gasteiger partial charge in [0.15, 0.2) is 0 Å². The Balaban J connectivity index is 0. The fourth-order valence-electron chi connectivity index (χ4n) is 1.07. The molecule has 7 heteroatoms. The first-order valence-electron chi connectivity index (χ1n) is 5.85. The summed E-state index contributed by atoms with van der Waals surface area (Å²) in [6, 6.07) is 0. The second-order valence-electron chi connectivity index (χ2n) is 2.78. The minimum atomic E-state index is 0. The van der Waals surface area contributed by atoms with E-state index in [9.17, 15) is 0 Å². The van der Waals surface area contributed by atoms with E-state index in [1.807, 2.05) is 27.7 Å². The summed E-state index contributed by atoms with van der Waals surface area (Å²) < 4.78 is 0. The summed E-state index contributed by atoms with van der Waals surface area (Å²) in [5, 5.41) is 2.90. The van der Waals surface area contributed by atoms with E-state index in [1.165, 1.54) is 10.5 Å². The van der Waals surface area contributed by atoms with E-state index >= 15 is 0 Å². The molecule has 0 amide bonds. The van der Waals surface area contributed by atoms with Crippen LogP contribution in [-0.4, -0.2) is 50.0 Å². The van der Waals surface area contributed by atoms with E-state index in [0.717, 1.165) is 0 Å². The van der Waals surface area contributed by atoms with Crippen LogP contribution in [0.1, 0.15) is 27.7 Å². The Bertz CT molecular complexity index is 126. The van der Waals surface area contributed by atoms with E-state index < -0.39 is 0 Å². The maximum atomic E-state index is 5.26. The summed E-state index contributed by atoms with van der Waals surface area (Å²) in [5.41, 5.74) is 0. The van der Waals surface area contributed by atoms with Crippen molar-refractivity contribution < 1.29 is 41.1 Å². The van der Waals surface area contributed by atoms with Crippen LogP contribution in [0.4, 0.5) is 0 Å². The molecule has 0 aromatic rings. The third-order valence-electron chi connectivity index (χ3n) is 1.56. The monoisotopic (exact) mass is 284 g/mol. The van der Waals surface area contributed by atoms with Gasteiger partial charge in [0, 0.05) is 21.7 Å². The molecule has 0 aliphatic rings. The third kappa shape index (κ3) is 11.3. The van der Waals surface area contributed by atoms with E-state index in [4.69, 9.17) is 19.4 Å². The number of hydrogen-bond acceptors (Lipinski definition) is 6. The first-order valence-corrected chi connectivity index (χ1v) is 5.85. The molecule has 0 heterocycles. The van der Waals surface area contributed by atoms with Gasteiger partial charge in [-0.1, -0.05) is 10.5 Å². The van der Waals surface area contributed by atoms with Crippen molar-refractivity contribution in [2.45, 2.75) is 27.7 Å². The molecule has 0 fully saturated rings. The zero-order chi connectivity index (χ0) is 12.2. The van der Waals surface area contributed by atoms with Gasteiger partial charge in [0.05, 0.1) is 39.5 Å².